The van der Waals surface area contributed by atoms with Crippen LogP contribution < -0.4 is 10.2 Å². The van der Waals surface area contributed by atoms with Gasteiger partial charge in [0.2, 0.25) is 17.7 Å². The van der Waals surface area contributed by atoms with Gasteiger partial charge in [-0.3, -0.25) is 14.4 Å². The fourth-order valence-electron chi connectivity index (χ4n) is 3.80. The number of amides is 3. The van der Waals surface area contributed by atoms with E-state index in [0.29, 0.717) is 44.9 Å². The minimum atomic E-state index is -0.288. The number of hydrogen-bond donors (Lipinski definition) is 1. The molecule has 0 unspecified atom stereocenters. The van der Waals surface area contributed by atoms with Crippen molar-refractivity contribution in [1.82, 2.24) is 10.2 Å². The Hall–Kier alpha value is -2.37. The molecule has 0 spiro atoms. The number of piperidine rings is 1. The van der Waals surface area contributed by atoms with E-state index in [9.17, 15) is 14.4 Å². The molecule has 2 aliphatic rings. The Morgan fingerprint density at radius 2 is 1.78 bits per heavy atom. The van der Waals surface area contributed by atoms with Crippen LogP contribution in [-0.4, -0.2) is 48.8 Å². The average molecular weight is 371 g/mol. The van der Waals surface area contributed by atoms with Crippen LogP contribution in [0.25, 0.3) is 0 Å². The second-order valence-corrected chi connectivity index (χ2v) is 7.98. The van der Waals surface area contributed by atoms with Gasteiger partial charge in [-0.2, -0.15) is 0 Å². The van der Waals surface area contributed by atoms with E-state index in [4.69, 9.17) is 0 Å². The first-order chi connectivity index (χ1) is 13.0. The Bertz CT molecular complexity index is 681. The van der Waals surface area contributed by atoms with Crippen LogP contribution in [0, 0.1) is 17.8 Å². The van der Waals surface area contributed by atoms with Gasteiger partial charge in [0.1, 0.15) is 0 Å². The lowest BCUT2D eigenvalue weighted by Crippen LogP contribution is -2.45. The van der Waals surface area contributed by atoms with E-state index in [0.717, 1.165) is 5.69 Å². The van der Waals surface area contributed by atoms with Gasteiger partial charge in [0.25, 0.3) is 0 Å². The van der Waals surface area contributed by atoms with Crippen molar-refractivity contribution in [3.05, 3.63) is 30.3 Å². The van der Waals surface area contributed by atoms with Crippen molar-refractivity contribution in [2.45, 2.75) is 33.1 Å². The highest BCUT2D eigenvalue weighted by atomic mass is 16.2. The van der Waals surface area contributed by atoms with E-state index in [1.54, 1.807) is 4.90 Å². The molecule has 6 nitrogen and oxygen atoms in total. The van der Waals surface area contributed by atoms with E-state index in [-0.39, 0.29) is 36.0 Å². The number of rotatable bonds is 5. The number of carbonyl (C=O) groups is 3. The molecule has 146 valence electrons. The molecule has 1 aromatic rings. The number of anilines is 1. The summed E-state index contributed by atoms with van der Waals surface area (Å²) in [5.41, 5.74) is 0.846. The van der Waals surface area contributed by atoms with Crippen LogP contribution in [0.4, 0.5) is 5.69 Å². The summed E-state index contributed by atoms with van der Waals surface area (Å²) in [6.45, 7) is 6.46. The maximum atomic E-state index is 12.9. The van der Waals surface area contributed by atoms with Crippen molar-refractivity contribution < 1.29 is 14.4 Å². The molecule has 1 atom stereocenters. The molecule has 0 radical (unpaired) electrons. The normalized spacial score (nSPS) is 21.0. The van der Waals surface area contributed by atoms with Crippen LogP contribution in [-0.2, 0) is 14.4 Å². The smallest absolute Gasteiger partial charge is 0.228 e. The Balaban J connectivity index is 1.51. The predicted octanol–water partition coefficient (Wildman–Crippen LogP) is 2.05. The highest BCUT2D eigenvalue weighted by Gasteiger charge is 2.38. The number of carbonyl (C=O) groups excluding carboxylic acids is 3. The zero-order valence-corrected chi connectivity index (χ0v) is 16.2. The van der Waals surface area contributed by atoms with Crippen LogP contribution in [0.3, 0.4) is 0 Å². The summed E-state index contributed by atoms with van der Waals surface area (Å²) >= 11 is 0. The molecule has 6 heteroatoms. The third-order valence-corrected chi connectivity index (χ3v) is 5.40. The van der Waals surface area contributed by atoms with Crippen LogP contribution in [0.1, 0.15) is 33.1 Å². The fourth-order valence-corrected chi connectivity index (χ4v) is 3.80. The summed E-state index contributed by atoms with van der Waals surface area (Å²) < 4.78 is 0. The third kappa shape index (κ3) is 4.67. The molecule has 1 aromatic carbocycles. The molecule has 0 aromatic heterocycles. The molecule has 0 bridgehead atoms. The quantitative estimate of drug-likeness (QED) is 0.861. The lowest BCUT2D eigenvalue weighted by atomic mass is 9.94. The maximum Gasteiger partial charge on any atom is 0.228 e. The van der Waals surface area contributed by atoms with Gasteiger partial charge in [-0.1, -0.05) is 32.0 Å². The number of nitrogens with zero attached hydrogens (tertiary/aromatic N) is 2. The molecule has 1 N–H and O–H groups in total. The topological polar surface area (TPSA) is 69.7 Å². The Morgan fingerprint density at radius 3 is 2.41 bits per heavy atom. The van der Waals surface area contributed by atoms with Crippen molar-refractivity contribution in [1.29, 1.82) is 0 Å². The summed E-state index contributed by atoms with van der Waals surface area (Å²) in [6, 6.07) is 9.49. The largest absolute Gasteiger partial charge is 0.356 e. The Kier molecular flexibility index (Phi) is 6.14. The molecule has 2 saturated heterocycles. The lowest BCUT2D eigenvalue weighted by Gasteiger charge is -2.33. The minimum absolute atomic E-state index is 0.00231. The van der Waals surface area contributed by atoms with E-state index >= 15 is 0 Å². The third-order valence-electron chi connectivity index (χ3n) is 5.40. The van der Waals surface area contributed by atoms with Gasteiger partial charge in [-0.05, 0) is 30.9 Å². The Morgan fingerprint density at radius 1 is 1.11 bits per heavy atom. The van der Waals surface area contributed by atoms with Gasteiger partial charge in [0.05, 0.1) is 5.92 Å². The second-order valence-electron chi connectivity index (χ2n) is 7.98. The molecule has 3 amide bonds. The molecule has 2 heterocycles. The fraction of sp³-hybridized carbons (Fsp3) is 0.571. The molecular weight excluding hydrogens is 342 g/mol. The second kappa shape index (κ2) is 8.55. The minimum Gasteiger partial charge on any atom is -0.356 e. The first-order valence-electron chi connectivity index (χ1n) is 9.87. The monoisotopic (exact) mass is 371 g/mol. The molecule has 2 aliphatic heterocycles. The molecular formula is C21H29N3O3. The Labute approximate surface area is 160 Å². The van der Waals surface area contributed by atoms with Crippen LogP contribution in [0.2, 0.25) is 0 Å². The number of likely N-dealkylation sites (tertiary alicyclic amines) is 1. The molecule has 0 aliphatic carbocycles. The van der Waals surface area contributed by atoms with Gasteiger partial charge in [-0.15, -0.1) is 0 Å². The van der Waals surface area contributed by atoms with E-state index in [1.807, 2.05) is 35.2 Å². The van der Waals surface area contributed by atoms with Gasteiger partial charge < -0.3 is 15.1 Å². The van der Waals surface area contributed by atoms with E-state index in [2.05, 4.69) is 19.2 Å². The summed E-state index contributed by atoms with van der Waals surface area (Å²) in [6.07, 6.45) is 1.65. The van der Waals surface area contributed by atoms with Crippen molar-refractivity contribution in [3.8, 4) is 0 Å². The first-order valence-corrected chi connectivity index (χ1v) is 9.87. The zero-order chi connectivity index (χ0) is 19.4. The van der Waals surface area contributed by atoms with Crippen molar-refractivity contribution >= 4 is 23.4 Å². The molecule has 27 heavy (non-hydrogen) atoms. The van der Waals surface area contributed by atoms with Crippen LogP contribution in [0.5, 0.6) is 0 Å². The highest BCUT2D eigenvalue weighted by molar-refractivity contribution is 6.00. The standard InChI is InChI=1S/C21H29N3O3/c1-15(2)13-22-20(26)16-8-10-23(11-9-16)21(27)17-12-19(25)24(14-17)18-6-4-3-5-7-18/h3-7,15-17H,8-14H2,1-2H3,(H,22,26)/t17-/m0/s1. The summed E-state index contributed by atoms with van der Waals surface area (Å²) in [4.78, 5) is 41.0. The zero-order valence-electron chi connectivity index (χ0n) is 16.2. The van der Waals surface area contributed by atoms with Crippen LogP contribution >= 0.6 is 0 Å². The van der Waals surface area contributed by atoms with Gasteiger partial charge in [0, 0.05) is 44.2 Å². The summed E-state index contributed by atoms with van der Waals surface area (Å²) in [7, 11) is 0. The van der Waals surface area contributed by atoms with Gasteiger partial charge >= 0.3 is 0 Å². The number of benzene rings is 1. The van der Waals surface area contributed by atoms with E-state index in [1.165, 1.54) is 0 Å². The van der Waals surface area contributed by atoms with Crippen molar-refractivity contribution in [3.63, 3.8) is 0 Å². The number of nitrogens with one attached hydrogen (secondary N) is 1. The predicted molar refractivity (Wildman–Crippen MR) is 104 cm³/mol. The number of hydrogen-bond acceptors (Lipinski definition) is 3. The molecule has 0 saturated carbocycles. The van der Waals surface area contributed by atoms with Gasteiger partial charge in [0.15, 0.2) is 0 Å². The molecule has 3 rings (SSSR count). The number of para-hydroxylation sites is 1. The molecule has 2 fully saturated rings. The lowest BCUT2D eigenvalue weighted by molar-refractivity contribution is -0.139. The van der Waals surface area contributed by atoms with Crippen molar-refractivity contribution in [2.75, 3.05) is 31.1 Å². The first kappa shape index (κ1) is 19.4. The summed E-state index contributed by atoms with van der Waals surface area (Å²) in [5.74, 6) is 0.276. The van der Waals surface area contributed by atoms with E-state index < -0.39 is 0 Å². The SMILES string of the molecule is CC(C)CNC(=O)C1CCN(C(=O)[C@H]2CC(=O)N(c3ccccc3)C2)CC1. The van der Waals surface area contributed by atoms with Crippen LogP contribution in [0.15, 0.2) is 30.3 Å². The maximum absolute atomic E-state index is 12.9. The van der Waals surface area contributed by atoms with Crippen molar-refractivity contribution in [2.24, 2.45) is 17.8 Å². The average Bonchev–Trinajstić information content (AvgIpc) is 3.08. The van der Waals surface area contributed by atoms with Gasteiger partial charge in [-0.25, -0.2) is 0 Å². The highest BCUT2D eigenvalue weighted by Crippen LogP contribution is 2.27. The summed E-state index contributed by atoms with van der Waals surface area (Å²) in [5, 5.41) is 2.99.